The number of benzene rings is 4. The first-order valence-electron chi connectivity index (χ1n) is 12.9. The Morgan fingerprint density at radius 2 is 1.54 bits per heavy atom. The molecule has 2 heterocycles. The fourth-order valence-corrected chi connectivity index (χ4v) is 5.79. The van der Waals surface area contributed by atoms with Gasteiger partial charge in [0.25, 0.3) is 17.7 Å². The summed E-state index contributed by atoms with van der Waals surface area (Å²) in [5.41, 5.74) is 6.02. The van der Waals surface area contributed by atoms with E-state index in [1.54, 1.807) is 54.6 Å². The van der Waals surface area contributed by atoms with E-state index in [1.807, 2.05) is 60.7 Å². The quantitative estimate of drug-likeness (QED) is 0.318. The van der Waals surface area contributed by atoms with Crippen molar-refractivity contribution in [3.8, 4) is 5.75 Å². The highest BCUT2D eigenvalue weighted by Crippen LogP contribution is 2.41. The monoisotopic (exact) mass is 560 g/mol. The van der Waals surface area contributed by atoms with Gasteiger partial charge in [-0.25, -0.2) is 10.0 Å². The average Bonchev–Trinajstić information content (AvgIpc) is 3.53. The van der Waals surface area contributed by atoms with Crippen LogP contribution >= 0.6 is 11.8 Å². The normalized spacial score (nSPS) is 17.7. The second-order valence-corrected chi connectivity index (χ2v) is 10.4. The molecule has 0 radical (unpaired) electrons. The summed E-state index contributed by atoms with van der Waals surface area (Å²) in [7, 11) is 0. The van der Waals surface area contributed by atoms with Crippen LogP contribution < -0.4 is 10.3 Å². The summed E-state index contributed by atoms with van der Waals surface area (Å²) in [6.07, 6.45) is 1.75. The Morgan fingerprint density at radius 3 is 2.24 bits per heavy atom. The third-order valence-electron chi connectivity index (χ3n) is 6.68. The van der Waals surface area contributed by atoms with E-state index in [0.717, 1.165) is 11.1 Å². The number of nitrogens with one attached hydrogen (secondary N) is 1. The number of thioether (sulfide) groups is 1. The number of aromatic hydroxyl groups is 1. The molecule has 6 rings (SSSR count). The van der Waals surface area contributed by atoms with Gasteiger partial charge in [0.1, 0.15) is 22.7 Å². The number of anilines is 1. The molecule has 1 atom stereocenters. The Hall–Kier alpha value is -5.15. The predicted molar refractivity (Wildman–Crippen MR) is 159 cm³/mol. The second kappa shape index (κ2) is 11.1. The molecule has 0 spiro atoms. The number of hydrogen-bond donors (Lipinski definition) is 2. The van der Waals surface area contributed by atoms with Crippen molar-refractivity contribution in [2.75, 3.05) is 10.7 Å². The van der Waals surface area contributed by atoms with Gasteiger partial charge in [-0.15, -0.1) is 11.8 Å². The van der Waals surface area contributed by atoms with Crippen molar-refractivity contribution in [3.63, 3.8) is 0 Å². The van der Waals surface area contributed by atoms with E-state index in [2.05, 4.69) is 10.4 Å². The highest BCUT2D eigenvalue weighted by atomic mass is 32.2. The Bertz CT molecular complexity index is 1690. The highest BCUT2D eigenvalue weighted by molar-refractivity contribution is 8.00. The van der Waals surface area contributed by atoms with Crippen molar-refractivity contribution < 1.29 is 19.5 Å². The van der Waals surface area contributed by atoms with E-state index in [4.69, 9.17) is 0 Å². The van der Waals surface area contributed by atoms with Crippen molar-refractivity contribution in [2.45, 2.75) is 5.37 Å². The minimum Gasteiger partial charge on any atom is -0.508 e. The second-order valence-electron chi connectivity index (χ2n) is 9.36. The first-order chi connectivity index (χ1) is 20.0. The number of nitrogens with zero attached hydrogens (tertiary/aromatic N) is 3. The number of aliphatic imine (C=N–C) groups is 1. The number of hydrogen-bond acceptors (Lipinski definition) is 6. The standard InChI is InChI=1S/C32H24N4O4S/c37-27-14-8-7-13-25(27)32-36(28(38)20-41-32)34-30(39)23-15-17-24(18-16-23)35-29(22-11-5-2-6-12-22)33-26(31(35)40)19-21-9-3-1-4-10-21/h1-19,32,37H,20H2,(H,34,39)/b26-19-. The molecule has 0 aliphatic carbocycles. The molecule has 8 nitrogen and oxygen atoms in total. The number of phenols is 1. The van der Waals surface area contributed by atoms with Crippen LogP contribution in [0.2, 0.25) is 0 Å². The van der Waals surface area contributed by atoms with Gasteiger partial charge in [-0.1, -0.05) is 78.9 Å². The average molecular weight is 561 g/mol. The zero-order valence-corrected chi connectivity index (χ0v) is 22.5. The van der Waals surface area contributed by atoms with Crippen LogP contribution in [0.15, 0.2) is 120 Å². The third kappa shape index (κ3) is 5.22. The molecule has 4 aromatic carbocycles. The van der Waals surface area contributed by atoms with Crippen LogP contribution in [0.25, 0.3) is 6.08 Å². The highest BCUT2D eigenvalue weighted by Gasteiger charge is 2.36. The predicted octanol–water partition coefficient (Wildman–Crippen LogP) is 5.15. The largest absolute Gasteiger partial charge is 0.508 e. The van der Waals surface area contributed by atoms with E-state index in [-0.39, 0.29) is 23.3 Å². The lowest BCUT2D eigenvalue weighted by atomic mass is 10.1. The van der Waals surface area contributed by atoms with Gasteiger partial charge in [-0.2, -0.15) is 0 Å². The Labute approximate surface area is 240 Å². The van der Waals surface area contributed by atoms with Crippen molar-refractivity contribution in [3.05, 3.63) is 137 Å². The number of amides is 3. The van der Waals surface area contributed by atoms with Crippen LogP contribution in [0.1, 0.15) is 32.4 Å². The van der Waals surface area contributed by atoms with Gasteiger partial charge < -0.3 is 5.11 Å². The van der Waals surface area contributed by atoms with Gasteiger partial charge in [-0.3, -0.25) is 24.7 Å². The smallest absolute Gasteiger partial charge is 0.282 e. The lowest BCUT2D eigenvalue weighted by molar-refractivity contribution is -0.130. The van der Waals surface area contributed by atoms with E-state index in [9.17, 15) is 19.5 Å². The number of para-hydroxylation sites is 1. The number of amidine groups is 1. The maximum Gasteiger partial charge on any atom is 0.282 e. The molecule has 2 aliphatic heterocycles. The molecular weight excluding hydrogens is 536 g/mol. The Kier molecular flexibility index (Phi) is 7.09. The lowest BCUT2D eigenvalue weighted by Gasteiger charge is -2.25. The summed E-state index contributed by atoms with van der Waals surface area (Å²) in [6, 6.07) is 32.2. The number of phenolic OH excluding ortho intramolecular Hbond substituents is 1. The topological polar surface area (TPSA) is 102 Å². The van der Waals surface area contributed by atoms with E-state index in [1.165, 1.54) is 21.7 Å². The minimum atomic E-state index is -0.548. The molecular formula is C32H24N4O4S. The molecule has 1 fully saturated rings. The molecule has 202 valence electrons. The molecule has 0 saturated carbocycles. The van der Waals surface area contributed by atoms with Crippen LogP contribution in [0.4, 0.5) is 5.69 Å². The molecule has 2 aliphatic rings. The van der Waals surface area contributed by atoms with Crippen molar-refractivity contribution in [1.29, 1.82) is 0 Å². The van der Waals surface area contributed by atoms with Gasteiger partial charge in [0.15, 0.2) is 0 Å². The van der Waals surface area contributed by atoms with Crippen LogP contribution in [0, 0.1) is 0 Å². The van der Waals surface area contributed by atoms with E-state index in [0.29, 0.717) is 28.3 Å². The molecule has 0 bridgehead atoms. The fourth-order valence-electron chi connectivity index (χ4n) is 4.65. The van der Waals surface area contributed by atoms with Crippen molar-refractivity contribution in [2.24, 2.45) is 4.99 Å². The summed E-state index contributed by atoms with van der Waals surface area (Å²) in [4.78, 5) is 45.5. The van der Waals surface area contributed by atoms with Crippen LogP contribution in [0.3, 0.4) is 0 Å². The Morgan fingerprint density at radius 1 is 0.878 bits per heavy atom. The molecule has 41 heavy (non-hydrogen) atoms. The van der Waals surface area contributed by atoms with E-state index < -0.39 is 11.3 Å². The van der Waals surface area contributed by atoms with Gasteiger partial charge >= 0.3 is 0 Å². The summed E-state index contributed by atoms with van der Waals surface area (Å²) in [5, 5.41) is 11.0. The summed E-state index contributed by atoms with van der Waals surface area (Å²) >= 11 is 1.32. The minimum absolute atomic E-state index is 0.0511. The zero-order valence-electron chi connectivity index (χ0n) is 21.7. The van der Waals surface area contributed by atoms with Crippen molar-refractivity contribution in [1.82, 2.24) is 10.4 Å². The maximum atomic E-state index is 13.6. The molecule has 1 unspecified atom stereocenters. The summed E-state index contributed by atoms with van der Waals surface area (Å²) in [5.74, 6) is -0.319. The molecule has 2 N–H and O–H groups in total. The SMILES string of the molecule is O=C(NN1C(=O)CSC1c1ccccc1O)c1ccc(N2C(=O)/C(=C/c3ccccc3)N=C2c2ccccc2)cc1. The Balaban J connectivity index is 1.26. The van der Waals surface area contributed by atoms with Gasteiger partial charge in [0, 0.05) is 16.7 Å². The van der Waals surface area contributed by atoms with E-state index >= 15 is 0 Å². The van der Waals surface area contributed by atoms with Gasteiger partial charge in [0.05, 0.1) is 11.4 Å². The number of carbonyl (C=O) groups is 3. The third-order valence-corrected chi connectivity index (χ3v) is 7.87. The first kappa shape index (κ1) is 26.1. The molecule has 4 aromatic rings. The number of rotatable bonds is 6. The molecule has 0 aromatic heterocycles. The summed E-state index contributed by atoms with van der Waals surface area (Å²) in [6.45, 7) is 0. The maximum absolute atomic E-state index is 13.6. The summed E-state index contributed by atoms with van der Waals surface area (Å²) < 4.78 is 0. The number of hydrazine groups is 1. The lowest BCUT2D eigenvalue weighted by Crippen LogP contribution is -2.44. The van der Waals surface area contributed by atoms with Crippen molar-refractivity contribution >= 4 is 47.1 Å². The van der Waals surface area contributed by atoms with Crippen LogP contribution in [-0.4, -0.2) is 39.4 Å². The van der Waals surface area contributed by atoms with Gasteiger partial charge in [0.2, 0.25) is 0 Å². The molecule has 3 amide bonds. The van der Waals surface area contributed by atoms with Crippen LogP contribution in [-0.2, 0) is 9.59 Å². The number of carbonyl (C=O) groups excluding carboxylic acids is 3. The molecule has 9 heteroatoms. The zero-order chi connectivity index (χ0) is 28.3. The first-order valence-corrected chi connectivity index (χ1v) is 13.9. The van der Waals surface area contributed by atoms with Crippen LogP contribution in [0.5, 0.6) is 5.75 Å². The fraction of sp³-hybridized carbons (Fsp3) is 0.0625. The van der Waals surface area contributed by atoms with Gasteiger partial charge in [-0.05, 0) is 42.0 Å². The molecule has 1 saturated heterocycles.